The van der Waals surface area contributed by atoms with E-state index < -0.39 is 0 Å². The minimum atomic E-state index is 0.0173. The van der Waals surface area contributed by atoms with Crippen LogP contribution in [0.1, 0.15) is 26.2 Å². The van der Waals surface area contributed by atoms with Crippen molar-refractivity contribution in [1.82, 2.24) is 10.2 Å². The molecule has 2 N–H and O–H groups in total. The van der Waals surface area contributed by atoms with Crippen LogP contribution in [0.25, 0.3) is 0 Å². The summed E-state index contributed by atoms with van der Waals surface area (Å²) >= 11 is 5.93. The highest BCUT2D eigenvalue weighted by Gasteiger charge is 2.19. The molecule has 1 fully saturated rings. The van der Waals surface area contributed by atoms with Crippen LogP contribution in [0.4, 0.5) is 5.69 Å². The summed E-state index contributed by atoms with van der Waals surface area (Å²) < 4.78 is 0. The lowest BCUT2D eigenvalue weighted by Gasteiger charge is -2.24. The Labute approximate surface area is 131 Å². The highest BCUT2D eigenvalue weighted by Crippen LogP contribution is 2.15. The molecule has 5 heteroatoms. The third-order valence-corrected chi connectivity index (χ3v) is 3.89. The Kier molecular flexibility index (Phi) is 6.49. The molecule has 1 amide bonds. The summed E-state index contributed by atoms with van der Waals surface area (Å²) in [6, 6.07) is 7.78. The lowest BCUT2D eigenvalue weighted by atomic mass is 10.2. The van der Waals surface area contributed by atoms with Crippen LogP contribution in [0.15, 0.2) is 24.3 Å². The first-order valence-electron chi connectivity index (χ1n) is 7.68. The molecule has 0 aromatic heterocycles. The van der Waals surface area contributed by atoms with E-state index in [-0.39, 0.29) is 5.91 Å². The van der Waals surface area contributed by atoms with Gasteiger partial charge in [-0.15, -0.1) is 0 Å². The van der Waals surface area contributed by atoms with Crippen molar-refractivity contribution in [3.8, 4) is 0 Å². The summed E-state index contributed by atoms with van der Waals surface area (Å²) in [4.78, 5) is 14.4. The smallest absolute Gasteiger partial charge is 0.238 e. The molecule has 0 saturated carbocycles. The number of carbonyl (C=O) groups is 1. The molecule has 2 rings (SSSR count). The van der Waals surface area contributed by atoms with Crippen LogP contribution in [0.2, 0.25) is 5.02 Å². The molecule has 21 heavy (non-hydrogen) atoms. The van der Waals surface area contributed by atoms with Gasteiger partial charge in [-0.25, -0.2) is 0 Å². The Bertz CT molecular complexity index is 461. The largest absolute Gasteiger partial charge is 0.325 e. The number of amides is 1. The zero-order valence-electron chi connectivity index (χ0n) is 12.6. The number of rotatable bonds is 7. The van der Waals surface area contributed by atoms with E-state index in [4.69, 9.17) is 11.6 Å². The first-order chi connectivity index (χ1) is 10.2. The van der Waals surface area contributed by atoms with Gasteiger partial charge in [-0.2, -0.15) is 0 Å². The van der Waals surface area contributed by atoms with E-state index in [2.05, 4.69) is 22.5 Å². The molecule has 1 saturated heterocycles. The van der Waals surface area contributed by atoms with Crippen LogP contribution in [-0.2, 0) is 4.79 Å². The monoisotopic (exact) mass is 309 g/mol. The lowest BCUT2D eigenvalue weighted by Crippen LogP contribution is -2.41. The fourth-order valence-corrected chi connectivity index (χ4v) is 2.94. The van der Waals surface area contributed by atoms with Crippen molar-refractivity contribution in [2.45, 2.75) is 32.2 Å². The number of hydrogen-bond acceptors (Lipinski definition) is 3. The van der Waals surface area contributed by atoms with E-state index >= 15 is 0 Å². The molecule has 1 aliphatic rings. The zero-order valence-corrected chi connectivity index (χ0v) is 13.3. The van der Waals surface area contributed by atoms with Crippen LogP contribution in [0.5, 0.6) is 0 Å². The predicted molar refractivity (Wildman–Crippen MR) is 87.8 cm³/mol. The maximum Gasteiger partial charge on any atom is 0.238 e. The summed E-state index contributed by atoms with van der Waals surface area (Å²) in [7, 11) is 0. The second-order valence-corrected chi connectivity index (χ2v) is 6.02. The van der Waals surface area contributed by atoms with Crippen molar-refractivity contribution in [3.05, 3.63) is 29.3 Å². The number of halogens is 1. The molecule has 1 aliphatic heterocycles. The van der Waals surface area contributed by atoms with Gasteiger partial charge in [-0.3, -0.25) is 9.69 Å². The third-order valence-electron chi connectivity index (χ3n) is 3.66. The molecule has 0 aliphatic carbocycles. The van der Waals surface area contributed by atoms with Gasteiger partial charge in [0.15, 0.2) is 0 Å². The normalized spacial score (nSPS) is 18.1. The van der Waals surface area contributed by atoms with Crippen LogP contribution in [0.3, 0.4) is 0 Å². The number of anilines is 1. The minimum Gasteiger partial charge on any atom is -0.325 e. The molecule has 1 heterocycles. The number of carbonyl (C=O) groups excluding carboxylic acids is 1. The van der Waals surface area contributed by atoms with E-state index in [0.717, 1.165) is 31.7 Å². The molecule has 1 unspecified atom stereocenters. The van der Waals surface area contributed by atoms with Crippen molar-refractivity contribution < 1.29 is 4.79 Å². The van der Waals surface area contributed by atoms with Crippen molar-refractivity contribution in [2.75, 3.05) is 31.5 Å². The average molecular weight is 310 g/mol. The minimum absolute atomic E-state index is 0.0173. The van der Waals surface area contributed by atoms with Crippen molar-refractivity contribution >= 4 is 23.2 Å². The van der Waals surface area contributed by atoms with E-state index in [0.29, 0.717) is 17.6 Å². The van der Waals surface area contributed by atoms with E-state index in [9.17, 15) is 4.79 Å². The standard InChI is InChI=1S/C16H24ClN3O/c1-2-9-20(11-15-7-4-8-18-15)12-16(21)19-14-6-3-5-13(17)10-14/h3,5-6,10,15,18H,2,4,7-9,11-12H2,1H3,(H,19,21). The van der Waals surface area contributed by atoms with Gasteiger partial charge in [-0.1, -0.05) is 24.6 Å². The van der Waals surface area contributed by atoms with Gasteiger partial charge in [0.1, 0.15) is 0 Å². The first kappa shape index (κ1) is 16.3. The highest BCUT2D eigenvalue weighted by atomic mass is 35.5. The predicted octanol–water partition coefficient (Wildman–Crippen LogP) is 2.74. The SMILES string of the molecule is CCCN(CC(=O)Nc1cccc(Cl)c1)CC1CCCN1. The van der Waals surface area contributed by atoms with Gasteiger partial charge in [0.2, 0.25) is 5.91 Å². The van der Waals surface area contributed by atoms with Crippen LogP contribution in [-0.4, -0.2) is 43.0 Å². The summed E-state index contributed by atoms with van der Waals surface area (Å²) in [6.45, 7) is 5.56. The molecule has 4 nitrogen and oxygen atoms in total. The fourth-order valence-electron chi connectivity index (χ4n) is 2.75. The van der Waals surface area contributed by atoms with Gasteiger partial charge >= 0.3 is 0 Å². The number of benzene rings is 1. The number of nitrogens with one attached hydrogen (secondary N) is 2. The highest BCUT2D eigenvalue weighted by molar-refractivity contribution is 6.30. The molecule has 0 radical (unpaired) electrons. The maximum atomic E-state index is 12.2. The molecule has 1 aromatic rings. The van der Waals surface area contributed by atoms with Gasteiger partial charge < -0.3 is 10.6 Å². The van der Waals surface area contributed by atoms with E-state index in [1.165, 1.54) is 12.8 Å². The second kappa shape index (κ2) is 8.37. The quantitative estimate of drug-likeness (QED) is 0.814. The van der Waals surface area contributed by atoms with Crippen LogP contribution >= 0.6 is 11.6 Å². The average Bonchev–Trinajstić information content (AvgIpc) is 2.91. The Morgan fingerprint density at radius 1 is 1.52 bits per heavy atom. The van der Waals surface area contributed by atoms with E-state index in [1.54, 1.807) is 12.1 Å². The number of hydrogen-bond donors (Lipinski definition) is 2. The molecule has 116 valence electrons. The van der Waals surface area contributed by atoms with Gasteiger partial charge in [-0.05, 0) is 50.6 Å². The molecule has 0 bridgehead atoms. The molecule has 1 aromatic carbocycles. The van der Waals surface area contributed by atoms with Crippen LogP contribution < -0.4 is 10.6 Å². The second-order valence-electron chi connectivity index (χ2n) is 5.59. The Balaban J connectivity index is 1.85. The maximum absolute atomic E-state index is 12.2. The van der Waals surface area contributed by atoms with Crippen molar-refractivity contribution in [2.24, 2.45) is 0 Å². The Morgan fingerprint density at radius 3 is 3.05 bits per heavy atom. The van der Waals surface area contributed by atoms with Gasteiger partial charge in [0.05, 0.1) is 6.54 Å². The van der Waals surface area contributed by atoms with Crippen molar-refractivity contribution in [3.63, 3.8) is 0 Å². The number of nitrogens with zero attached hydrogens (tertiary/aromatic N) is 1. The summed E-state index contributed by atoms with van der Waals surface area (Å²) in [6.07, 6.45) is 3.49. The fraction of sp³-hybridized carbons (Fsp3) is 0.562. The van der Waals surface area contributed by atoms with Crippen LogP contribution in [0, 0.1) is 0 Å². The summed E-state index contributed by atoms with van der Waals surface area (Å²) in [5.74, 6) is 0.0173. The van der Waals surface area contributed by atoms with Crippen molar-refractivity contribution in [1.29, 1.82) is 0 Å². The Morgan fingerprint density at radius 2 is 2.38 bits per heavy atom. The third kappa shape index (κ3) is 5.65. The first-order valence-corrected chi connectivity index (χ1v) is 8.06. The summed E-state index contributed by atoms with van der Waals surface area (Å²) in [5.41, 5.74) is 0.753. The van der Waals surface area contributed by atoms with Gasteiger partial charge in [0.25, 0.3) is 0 Å². The molecule has 1 atom stereocenters. The molecule has 0 spiro atoms. The lowest BCUT2D eigenvalue weighted by molar-refractivity contribution is -0.117. The molecular formula is C16H24ClN3O. The topological polar surface area (TPSA) is 44.4 Å². The Hall–Kier alpha value is -1.10. The van der Waals surface area contributed by atoms with E-state index in [1.807, 2.05) is 12.1 Å². The molecular weight excluding hydrogens is 286 g/mol. The van der Waals surface area contributed by atoms with Gasteiger partial charge in [0, 0.05) is 23.3 Å². The summed E-state index contributed by atoms with van der Waals surface area (Å²) in [5, 5.41) is 7.03. The zero-order chi connectivity index (χ0) is 15.1.